The first-order valence-corrected chi connectivity index (χ1v) is 11.6. The van der Waals surface area contributed by atoms with E-state index >= 15 is 0 Å². The molecule has 3 unspecified atom stereocenters. The third-order valence-corrected chi connectivity index (χ3v) is 7.84. The van der Waals surface area contributed by atoms with Gasteiger partial charge in [0.2, 0.25) is 0 Å². The molecule has 1 aliphatic rings. The minimum Gasteiger partial charge on any atom is -0.373 e. The molecule has 12 heteroatoms. The highest BCUT2D eigenvalue weighted by Gasteiger charge is 2.38. The van der Waals surface area contributed by atoms with Crippen LogP contribution in [-0.4, -0.2) is 32.3 Å². The molecule has 0 saturated carbocycles. The Balaban J connectivity index is 1.92. The number of hydrogen-bond donors (Lipinski definition) is 1. The van der Waals surface area contributed by atoms with E-state index in [9.17, 15) is 34.8 Å². The second-order valence-corrected chi connectivity index (χ2v) is 10.1. The molecule has 0 spiro atoms. The van der Waals surface area contributed by atoms with Gasteiger partial charge in [0.05, 0.1) is 21.8 Å². The summed E-state index contributed by atoms with van der Waals surface area (Å²) in [6.07, 6.45) is -9.32. The lowest BCUT2D eigenvalue weighted by Crippen LogP contribution is -2.31. The lowest BCUT2D eigenvalue weighted by atomic mass is 10.0. The van der Waals surface area contributed by atoms with E-state index in [1.54, 1.807) is 14.0 Å². The predicted molar refractivity (Wildman–Crippen MR) is 107 cm³/mol. The van der Waals surface area contributed by atoms with Crippen LogP contribution in [0, 0.1) is 0 Å². The number of benzene rings is 1. The number of rotatable bonds is 5. The van der Waals surface area contributed by atoms with E-state index in [0.717, 1.165) is 24.4 Å². The van der Waals surface area contributed by atoms with Crippen LogP contribution in [0.2, 0.25) is 0 Å². The zero-order valence-corrected chi connectivity index (χ0v) is 18.5. The van der Waals surface area contributed by atoms with Gasteiger partial charge >= 0.3 is 12.4 Å². The molecule has 0 bridgehead atoms. The number of hydrogen-bond acceptors (Lipinski definition) is 5. The van der Waals surface area contributed by atoms with Crippen molar-refractivity contribution in [2.45, 2.75) is 54.4 Å². The van der Waals surface area contributed by atoms with E-state index in [1.807, 2.05) is 0 Å². The molecular formula is C21H22F6N2O3S. The van der Waals surface area contributed by atoms with Gasteiger partial charge in [0.15, 0.2) is 9.84 Å². The fourth-order valence-corrected chi connectivity index (χ4v) is 5.41. The first kappa shape index (κ1) is 25.4. The summed E-state index contributed by atoms with van der Waals surface area (Å²) in [7, 11) is -2.65. The molecule has 1 saturated heterocycles. The molecule has 1 aromatic heterocycles. The molecular weight excluding hydrogens is 474 g/mol. The monoisotopic (exact) mass is 496 g/mol. The quantitative estimate of drug-likeness (QED) is 0.584. The van der Waals surface area contributed by atoms with Crippen LogP contribution < -0.4 is 5.32 Å². The van der Waals surface area contributed by atoms with Crippen LogP contribution in [0.1, 0.15) is 54.3 Å². The standard InChI is InChI=1S/C21H22F6N2O3S/c1-12(28-2)14-7-15(20(22,23)24)9-17(8-14)33(30,31)16-5-6-32-18(10-16)13-3-4-19(29-11-13)21(25,26)27/h3-4,7-9,11-12,16,18,28H,5-6,10H2,1-2H3. The van der Waals surface area contributed by atoms with Crippen molar-refractivity contribution >= 4 is 9.84 Å². The third-order valence-electron chi connectivity index (χ3n) is 5.64. The highest BCUT2D eigenvalue weighted by molar-refractivity contribution is 7.92. The minimum absolute atomic E-state index is 0.0195. The number of alkyl halides is 6. The number of halogens is 6. The topological polar surface area (TPSA) is 68.3 Å². The first-order valence-electron chi connectivity index (χ1n) is 10.0. The summed E-state index contributed by atoms with van der Waals surface area (Å²) in [5.74, 6) is 0. The van der Waals surface area contributed by atoms with E-state index in [1.165, 1.54) is 6.07 Å². The summed E-state index contributed by atoms with van der Waals surface area (Å²) in [4.78, 5) is 2.91. The van der Waals surface area contributed by atoms with Gasteiger partial charge in [-0.2, -0.15) is 26.3 Å². The lowest BCUT2D eigenvalue weighted by Gasteiger charge is -2.30. The molecule has 0 aliphatic carbocycles. The number of pyridine rings is 1. The van der Waals surface area contributed by atoms with Gasteiger partial charge in [-0.3, -0.25) is 4.98 Å². The van der Waals surface area contributed by atoms with Crippen molar-refractivity contribution in [1.29, 1.82) is 0 Å². The van der Waals surface area contributed by atoms with Gasteiger partial charge in [0.1, 0.15) is 5.69 Å². The Kier molecular flexibility index (Phi) is 7.11. The maximum Gasteiger partial charge on any atom is 0.433 e. The van der Waals surface area contributed by atoms with Crippen molar-refractivity contribution in [3.05, 3.63) is 58.9 Å². The van der Waals surface area contributed by atoms with Gasteiger partial charge in [-0.1, -0.05) is 6.07 Å². The summed E-state index contributed by atoms with van der Waals surface area (Å²) in [5, 5.41) is 1.72. The zero-order chi connectivity index (χ0) is 24.6. The maximum absolute atomic E-state index is 13.4. The van der Waals surface area contributed by atoms with Crippen LogP contribution in [0.3, 0.4) is 0 Å². The second kappa shape index (κ2) is 9.22. The Labute approximate surface area is 187 Å². The molecule has 33 heavy (non-hydrogen) atoms. The molecule has 1 aliphatic heterocycles. The van der Waals surface area contributed by atoms with E-state index in [-0.39, 0.29) is 30.6 Å². The normalized spacial score (nSPS) is 21.1. The van der Waals surface area contributed by atoms with Crippen LogP contribution in [-0.2, 0) is 26.9 Å². The Morgan fingerprint density at radius 2 is 1.79 bits per heavy atom. The van der Waals surface area contributed by atoms with Crippen molar-refractivity contribution in [2.75, 3.05) is 13.7 Å². The predicted octanol–water partition coefficient (Wildman–Crippen LogP) is 5.09. The minimum atomic E-state index is -4.74. The fourth-order valence-electron chi connectivity index (χ4n) is 3.60. The molecule has 3 rings (SSSR count). The van der Waals surface area contributed by atoms with Gasteiger partial charge in [0, 0.05) is 18.8 Å². The molecule has 1 N–H and O–H groups in total. The average molecular weight is 496 g/mol. The van der Waals surface area contributed by atoms with Gasteiger partial charge in [-0.25, -0.2) is 8.42 Å². The van der Waals surface area contributed by atoms with Crippen molar-refractivity contribution in [3.63, 3.8) is 0 Å². The Bertz CT molecular complexity index is 1080. The largest absolute Gasteiger partial charge is 0.433 e. The fraction of sp³-hybridized carbons (Fsp3) is 0.476. The van der Waals surface area contributed by atoms with E-state index in [4.69, 9.17) is 4.74 Å². The molecule has 1 fully saturated rings. The molecule has 2 heterocycles. The lowest BCUT2D eigenvalue weighted by molar-refractivity contribution is -0.141. The maximum atomic E-state index is 13.4. The Hall–Kier alpha value is -2.18. The molecule has 0 radical (unpaired) electrons. The number of aromatic nitrogens is 1. The van der Waals surface area contributed by atoms with Crippen LogP contribution in [0.4, 0.5) is 26.3 Å². The summed E-state index contributed by atoms with van der Waals surface area (Å²) >= 11 is 0. The molecule has 2 aromatic rings. The Morgan fingerprint density at radius 1 is 1.09 bits per heavy atom. The highest BCUT2D eigenvalue weighted by atomic mass is 32.2. The number of nitrogens with zero attached hydrogens (tertiary/aromatic N) is 1. The molecule has 182 valence electrons. The van der Waals surface area contributed by atoms with Crippen LogP contribution >= 0.6 is 0 Å². The van der Waals surface area contributed by atoms with E-state index < -0.39 is 55.7 Å². The highest BCUT2D eigenvalue weighted by Crippen LogP contribution is 2.38. The van der Waals surface area contributed by atoms with Crippen molar-refractivity contribution in [1.82, 2.24) is 10.3 Å². The Morgan fingerprint density at radius 3 is 2.33 bits per heavy atom. The van der Waals surface area contributed by atoms with E-state index in [0.29, 0.717) is 6.07 Å². The second-order valence-electron chi connectivity index (χ2n) is 7.82. The summed E-state index contributed by atoms with van der Waals surface area (Å²) in [5.41, 5.74) is -1.74. The summed E-state index contributed by atoms with van der Waals surface area (Å²) < 4.78 is 111. The molecule has 1 aromatic carbocycles. The van der Waals surface area contributed by atoms with Crippen molar-refractivity contribution < 1.29 is 39.5 Å². The molecule has 3 atom stereocenters. The van der Waals surface area contributed by atoms with Gasteiger partial charge in [-0.15, -0.1) is 0 Å². The smallest absolute Gasteiger partial charge is 0.373 e. The van der Waals surface area contributed by atoms with E-state index in [2.05, 4.69) is 10.3 Å². The average Bonchev–Trinajstić information content (AvgIpc) is 2.77. The first-order chi connectivity index (χ1) is 15.2. The number of ether oxygens (including phenoxy) is 1. The number of sulfone groups is 1. The van der Waals surface area contributed by atoms with Crippen molar-refractivity contribution in [3.8, 4) is 0 Å². The SMILES string of the molecule is CNC(C)c1cc(C(F)(F)F)cc(S(=O)(=O)C2CCOC(c3ccc(C(F)(F)F)nc3)C2)c1. The molecule has 5 nitrogen and oxygen atoms in total. The zero-order valence-electron chi connectivity index (χ0n) is 17.7. The summed E-state index contributed by atoms with van der Waals surface area (Å²) in [6, 6.07) is 4.14. The van der Waals surface area contributed by atoms with Crippen LogP contribution in [0.25, 0.3) is 0 Å². The van der Waals surface area contributed by atoms with Gasteiger partial charge < -0.3 is 10.1 Å². The summed E-state index contributed by atoms with van der Waals surface area (Å²) in [6.45, 7) is 1.59. The van der Waals surface area contributed by atoms with Gasteiger partial charge in [-0.05, 0) is 62.2 Å². The van der Waals surface area contributed by atoms with Crippen molar-refractivity contribution in [2.24, 2.45) is 0 Å². The molecule has 0 amide bonds. The van der Waals surface area contributed by atoms with Gasteiger partial charge in [0.25, 0.3) is 0 Å². The number of nitrogens with one attached hydrogen (secondary N) is 1. The van der Waals surface area contributed by atoms with Crippen LogP contribution in [0.15, 0.2) is 41.4 Å². The van der Waals surface area contributed by atoms with Crippen LogP contribution in [0.5, 0.6) is 0 Å². The third kappa shape index (κ3) is 5.67.